The molecule has 5 fully saturated rings. The van der Waals surface area contributed by atoms with Gasteiger partial charge in [0.2, 0.25) is 10.9 Å². The number of anilines is 2. The van der Waals surface area contributed by atoms with E-state index in [4.69, 9.17) is 15.3 Å². The molecular weight excluding hydrogens is 746 g/mol. The number of ether oxygens (including phenoxy) is 1. The molecule has 302 valence electrons. The third-order valence-corrected chi connectivity index (χ3v) is 11.7. The van der Waals surface area contributed by atoms with Crippen LogP contribution in [0.4, 0.5) is 20.3 Å². The Bertz CT molecular complexity index is 2430. The number of hydrogen-bond donors (Lipinski definition) is 4. The molecule has 9 rings (SSSR count). The Morgan fingerprint density at radius 3 is 2.18 bits per heavy atom. The fraction of sp³-hybridized carbons (Fsp3) is 0.487. The van der Waals surface area contributed by atoms with Gasteiger partial charge >= 0.3 is 11.9 Å². The lowest BCUT2D eigenvalue weighted by molar-refractivity contribution is 0.0684. The number of benzene rings is 1. The van der Waals surface area contributed by atoms with Gasteiger partial charge in [-0.1, -0.05) is 5.16 Å². The van der Waals surface area contributed by atoms with E-state index in [1.165, 1.54) is 32.7 Å². The molecule has 3 saturated heterocycles. The lowest BCUT2D eigenvalue weighted by Gasteiger charge is -2.25. The van der Waals surface area contributed by atoms with Crippen LogP contribution in [0, 0.1) is 23.5 Å². The Morgan fingerprint density at radius 1 is 0.912 bits per heavy atom. The number of nitrogens with one attached hydrogen (secondary N) is 1. The standard InChI is InChI=1S/C21H24FN3O4.C18H20FN5O4/c1-29-20-17-13(19(26)14(21(27)28)9-25(17)12-4-5-12)7-15(22)18(20)24-8-11-3-2-6-23-16(11)10-24;1-28-22-14-8-23(6-9(14)5-20)17-13(19)4-11-15(25)12(18(26)27)7-24(10-2-3-10)16(11)21-17/h7,9,11-12,16,23H,2-6,8,10H2,1H3,(H,27,28);4,7,9-10H,2-3,5-6,8,20H2,1H3,(H,26,27)/b;22-14+/t11-,16+;/m0./s1. The van der Waals surface area contributed by atoms with Crippen molar-refractivity contribution in [3.8, 4) is 5.75 Å². The van der Waals surface area contributed by atoms with Gasteiger partial charge in [0.15, 0.2) is 23.2 Å². The van der Waals surface area contributed by atoms with Crippen molar-refractivity contribution >= 4 is 51.1 Å². The molecule has 1 unspecified atom stereocenters. The summed E-state index contributed by atoms with van der Waals surface area (Å²) >= 11 is 0. The number of methoxy groups -OCH3 is 1. The zero-order valence-corrected chi connectivity index (χ0v) is 31.5. The van der Waals surface area contributed by atoms with Gasteiger partial charge in [0.25, 0.3) is 0 Å². The molecule has 0 bridgehead atoms. The van der Waals surface area contributed by atoms with Crippen LogP contribution in [0.25, 0.3) is 21.9 Å². The van der Waals surface area contributed by atoms with Gasteiger partial charge in [-0.3, -0.25) is 9.59 Å². The van der Waals surface area contributed by atoms with E-state index in [0.717, 1.165) is 57.7 Å². The summed E-state index contributed by atoms with van der Waals surface area (Å²) in [7, 11) is 2.92. The van der Waals surface area contributed by atoms with Crippen LogP contribution in [-0.4, -0.2) is 102 Å². The normalized spacial score (nSPS) is 22.5. The molecule has 5 aliphatic rings. The molecule has 3 aliphatic heterocycles. The van der Waals surface area contributed by atoms with Crippen LogP contribution in [0.3, 0.4) is 0 Å². The first kappa shape index (κ1) is 38.3. The average Bonchev–Trinajstić information content (AvgIpc) is 4.13. The van der Waals surface area contributed by atoms with Crippen molar-refractivity contribution in [1.82, 2.24) is 19.4 Å². The van der Waals surface area contributed by atoms with Gasteiger partial charge < -0.3 is 49.8 Å². The van der Waals surface area contributed by atoms with E-state index >= 15 is 4.39 Å². The summed E-state index contributed by atoms with van der Waals surface area (Å²) in [6, 6.07) is 2.76. The van der Waals surface area contributed by atoms with Gasteiger partial charge in [-0.25, -0.2) is 23.4 Å². The molecule has 18 heteroatoms. The molecule has 2 saturated carbocycles. The Balaban J connectivity index is 0.000000160. The summed E-state index contributed by atoms with van der Waals surface area (Å²) in [6.07, 6.45) is 8.43. The Hall–Kier alpha value is -5.62. The lowest BCUT2D eigenvalue weighted by atomic mass is 9.94. The van der Waals surface area contributed by atoms with E-state index in [1.54, 1.807) is 14.0 Å². The highest BCUT2D eigenvalue weighted by atomic mass is 19.1. The predicted octanol–water partition coefficient (Wildman–Crippen LogP) is 3.34. The van der Waals surface area contributed by atoms with Crippen molar-refractivity contribution in [2.75, 3.05) is 63.3 Å². The number of hydrogen-bond acceptors (Lipinski definition) is 12. The summed E-state index contributed by atoms with van der Waals surface area (Å²) in [5.74, 6) is -3.09. The highest BCUT2D eigenvalue weighted by molar-refractivity contribution is 5.97. The largest absolute Gasteiger partial charge is 0.492 e. The van der Waals surface area contributed by atoms with Crippen LogP contribution in [0.1, 0.15) is 71.3 Å². The first-order chi connectivity index (χ1) is 27.4. The maximum atomic E-state index is 15.3. The third-order valence-electron chi connectivity index (χ3n) is 11.7. The highest BCUT2D eigenvalue weighted by Crippen LogP contribution is 2.45. The molecule has 6 heterocycles. The minimum absolute atomic E-state index is 0.0339. The molecule has 2 aliphatic carbocycles. The van der Waals surface area contributed by atoms with Crippen LogP contribution in [0.5, 0.6) is 5.75 Å². The zero-order chi connectivity index (χ0) is 40.3. The molecule has 1 aromatic carbocycles. The number of piperidine rings is 1. The second-order valence-corrected chi connectivity index (χ2v) is 15.4. The number of pyridine rings is 3. The quantitative estimate of drug-likeness (QED) is 0.180. The molecule has 0 spiro atoms. The van der Waals surface area contributed by atoms with Crippen molar-refractivity contribution in [3.05, 3.63) is 67.7 Å². The van der Waals surface area contributed by atoms with Crippen molar-refractivity contribution in [1.29, 1.82) is 0 Å². The van der Waals surface area contributed by atoms with E-state index in [1.807, 2.05) is 4.90 Å². The van der Waals surface area contributed by atoms with E-state index < -0.39 is 34.4 Å². The van der Waals surface area contributed by atoms with Gasteiger partial charge in [0.05, 0.1) is 35.7 Å². The van der Waals surface area contributed by atoms with E-state index in [2.05, 4.69) is 15.5 Å². The van der Waals surface area contributed by atoms with Crippen LogP contribution in [0.15, 0.2) is 39.3 Å². The number of aromatic nitrogens is 3. The minimum atomic E-state index is -1.34. The van der Waals surface area contributed by atoms with Gasteiger partial charge in [0.1, 0.15) is 29.6 Å². The van der Waals surface area contributed by atoms with E-state index in [-0.39, 0.29) is 51.4 Å². The average molecular weight is 791 g/mol. The van der Waals surface area contributed by atoms with Crippen molar-refractivity contribution in [2.24, 2.45) is 22.7 Å². The molecule has 3 atom stereocenters. The maximum Gasteiger partial charge on any atom is 0.341 e. The first-order valence-corrected chi connectivity index (χ1v) is 19.1. The number of carboxylic acid groups (broad SMARTS) is 2. The minimum Gasteiger partial charge on any atom is -0.492 e. The highest BCUT2D eigenvalue weighted by Gasteiger charge is 2.39. The summed E-state index contributed by atoms with van der Waals surface area (Å²) < 4.78 is 39.3. The second-order valence-electron chi connectivity index (χ2n) is 15.4. The molecule has 5 N–H and O–H groups in total. The molecule has 0 radical (unpaired) electrons. The number of rotatable bonds is 9. The number of carbonyl (C=O) groups is 2. The Labute approximate surface area is 324 Å². The van der Waals surface area contributed by atoms with Crippen LogP contribution in [-0.2, 0) is 4.84 Å². The fourth-order valence-corrected chi connectivity index (χ4v) is 8.55. The third kappa shape index (κ3) is 6.94. The number of nitrogens with two attached hydrogens (primary N) is 1. The smallest absolute Gasteiger partial charge is 0.341 e. The summed E-state index contributed by atoms with van der Waals surface area (Å²) in [5, 5.41) is 26.3. The fourth-order valence-electron chi connectivity index (χ4n) is 8.55. The molecular formula is C39H44F2N8O8. The molecule has 57 heavy (non-hydrogen) atoms. The topological polar surface area (TPSA) is 207 Å². The summed E-state index contributed by atoms with van der Waals surface area (Å²) in [5.41, 5.74) is 5.50. The van der Waals surface area contributed by atoms with E-state index in [0.29, 0.717) is 60.8 Å². The van der Waals surface area contributed by atoms with Crippen LogP contribution in [0.2, 0.25) is 0 Å². The van der Waals surface area contributed by atoms with Gasteiger partial charge in [-0.2, -0.15) is 0 Å². The zero-order valence-electron chi connectivity index (χ0n) is 31.5. The number of nitrogens with zero attached hydrogens (tertiary/aromatic N) is 6. The second kappa shape index (κ2) is 15.0. The molecule has 16 nitrogen and oxygen atoms in total. The first-order valence-electron chi connectivity index (χ1n) is 19.1. The number of oxime groups is 1. The van der Waals surface area contributed by atoms with Gasteiger partial charge in [-0.15, -0.1) is 0 Å². The number of aromatic carboxylic acids is 2. The van der Waals surface area contributed by atoms with Gasteiger partial charge in [-0.05, 0) is 63.1 Å². The number of fused-ring (bicyclic) bond motifs is 3. The summed E-state index contributed by atoms with van der Waals surface area (Å²) in [4.78, 5) is 61.3. The van der Waals surface area contributed by atoms with E-state index in [9.17, 15) is 33.8 Å². The molecule has 3 aromatic heterocycles. The Morgan fingerprint density at radius 2 is 1.56 bits per heavy atom. The Kier molecular flexibility index (Phi) is 10.1. The van der Waals surface area contributed by atoms with Crippen LogP contribution < -0.4 is 36.4 Å². The van der Waals surface area contributed by atoms with Crippen molar-refractivity contribution in [2.45, 2.75) is 56.7 Å². The number of halogens is 2. The number of carboxylic acids is 2. The van der Waals surface area contributed by atoms with Crippen molar-refractivity contribution < 1.29 is 38.2 Å². The maximum absolute atomic E-state index is 15.3. The van der Waals surface area contributed by atoms with Gasteiger partial charge in [0, 0.05) is 62.6 Å². The lowest BCUT2D eigenvalue weighted by Crippen LogP contribution is -2.40. The molecule has 4 aromatic rings. The summed E-state index contributed by atoms with van der Waals surface area (Å²) in [6.45, 7) is 3.47. The predicted molar refractivity (Wildman–Crippen MR) is 207 cm³/mol. The SMILES string of the molecule is CO/N=C1\CN(c2nc3c(cc2F)c(=O)c(C(=O)O)cn3C2CC2)CC1CN.COc1c(N2C[C@@H]3CCCN[C@@H]3C2)c(F)cc2c(=O)c(C(=O)O)cn(C3CC3)c12. The molecule has 0 amide bonds. The van der Waals surface area contributed by atoms with Crippen LogP contribution >= 0.6 is 0 Å². The monoisotopic (exact) mass is 790 g/mol. The van der Waals surface area contributed by atoms with Crippen molar-refractivity contribution in [3.63, 3.8) is 0 Å².